The van der Waals surface area contributed by atoms with Crippen molar-refractivity contribution in [1.82, 2.24) is 4.57 Å². The van der Waals surface area contributed by atoms with E-state index in [1.807, 2.05) is 25.2 Å². The van der Waals surface area contributed by atoms with Gasteiger partial charge in [-0.3, -0.25) is 0 Å². The highest BCUT2D eigenvalue weighted by molar-refractivity contribution is 7.18. The second-order valence-electron chi connectivity index (χ2n) is 7.97. The number of aromatic nitrogens is 2. The second-order valence-corrected chi connectivity index (χ2v) is 9.03. The average molecular weight is 450 g/mol. The normalized spacial score (nSPS) is 11.9. The maximum Gasteiger partial charge on any atom is 0.263 e. The monoisotopic (exact) mass is 449 g/mol. The van der Waals surface area contributed by atoms with Crippen LogP contribution in [-0.2, 0) is 13.6 Å². The minimum atomic E-state index is 0.964. The van der Waals surface area contributed by atoms with Crippen LogP contribution in [0.15, 0.2) is 84.9 Å². The van der Waals surface area contributed by atoms with Crippen molar-refractivity contribution < 1.29 is 4.57 Å². The van der Waals surface area contributed by atoms with Crippen molar-refractivity contribution in [3.05, 3.63) is 95.2 Å². The van der Waals surface area contributed by atoms with Crippen LogP contribution in [0.2, 0.25) is 0 Å². The molecule has 0 unspecified atom stereocenters. The van der Waals surface area contributed by atoms with Crippen LogP contribution < -0.4 is 9.79 Å². The molecule has 164 valence electrons. The smallest absolute Gasteiger partial charge is 0.263 e. The summed E-state index contributed by atoms with van der Waals surface area (Å²) in [4.78, 5) is 0. The summed E-state index contributed by atoms with van der Waals surface area (Å²) in [5.74, 6) is 0. The lowest BCUT2D eigenvalue weighted by molar-refractivity contribution is -0.665. The molecule has 0 aliphatic carbocycles. The van der Waals surface area contributed by atoms with Crippen molar-refractivity contribution in [2.75, 3.05) is 0 Å². The molecule has 0 spiro atoms. The number of nitrogens with zero attached hydrogens (tertiary/aromatic N) is 2. The molecular formula is C30H29N2S+. The fourth-order valence-corrected chi connectivity index (χ4v) is 6.06. The third-order valence-electron chi connectivity index (χ3n) is 6.28. The summed E-state index contributed by atoms with van der Waals surface area (Å²) < 4.78 is 6.08. The molecule has 0 radical (unpaired) electrons. The fourth-order valence-electron chi connectivity index (χ4n) is 4.88. The maximum absolute atomic E-state index is 2.41. The van der Waals surface area contributed by atoms with Gasteiger partial charge in [-0.05, 0) is 35.2 Å². The Labute approximate surface area is 199 Å². The third kappa shape index (κ3) is 3.44. The number of rotatable bonds is 3. The fraction of sp³-hybridized carbons (Fsp3) is 0.167. The second kappa shape index (κ2) is 8.84. The Bertz CT molecular complexity index is 1620. The molecule has 33 heavy (non-hydrogen) atoms. The highest BCUT2D eigenvalue weighted by Gasteiger charge is 2.18. The Morgan fingerprint density at radius 2 is 1.58 bits per heavy atom. The molecule has 0 amide bonds. The molecule has 0 bridgehead atoms. The van der Waals surface area contributed by atoms with E-state index in [2.05, 4.69) is 114 Å². The first kappa shape index (κ1) is 21.4. The first-order chi connectivity index (χ1) is 16.3. The Morgan fingerprint density at radius 3 is 2.36 bits per heavy atom. The van der Waals surface area contributed by atoms with E-state index in [-0.39, 0.29) is 0 Å². The van der Waals surface area contributed by atoms with Gasteiger partial charge in [-0.2, -0.15) is 4.57 Å². The van der Waals surface area contributed by atoms with E-state index in [4.69, 9.17) is 0 Å². The highest BCUT2D eigenvalue weighted by Crippen LogP contribution is 2.36. The minimum Gasteiger partial charge on any atom is -0.343 e. The number of benzene rings is 4. The molecule has 4 aromatic carbocycles. The predicted octanol–water partition coefficient (Wildman–Crippen LogP) is 7.09. The molecule has 6 rings (SSSR count). The number of para-hydroxylation sites is 1. The topological polar surface area (TPSA) is 8.81 Å². The molecule has 0 fully saturated rings. The van der Waals surface area contributed by atoms with Gasteiger partial charge in [0, 0.05) is 35.5 Å². The molecule has 0 saturated carbocycles. The van der Waals surface area contributed by atoms with Gasteiger partial charge in [0.15, 0.2) is 0 Å². The van der Waals surface area contributed by atoms with Gasteiger partial charge < -0.3 is 4.57 Å². The van der Waals surface area contributed by atoms with Crippen molar-refractivity contribution in [2.45, 2.75) is 27.3 Å². The quantitative estimate of drug-likeness (QED) is 0.255. The van der Waals surface area contributed by atoms with E-state index in [0.717, 1.165) is 6.54 Å². The zero-order chi connectivity index (χ0) is 22.9. The van der Waals surface area contributed by atoms with Gasteiger partial charge in [0.05, 0.1) is 5.69 Å². The number of aryl methyl sites for hydroxylation is 2. The Kier molecular flexibility index (Phi) is 5.74. The predicted molar refractivity (Wildman–Crippen MR) is 144 cm³/mol. The molecule has 0 saturated heterocycles. The first-order valence-corrected chi connectivity index (χ1v) is 12.6. The van der Waals surface area contributed by atoms with Crippen LogP contribution in [0, 0.1) is 0 Å². The van der Waals surface area contributed by atoms with Gasteiger partial charge in [0.1, 0.15) is 11.2 Å². The van der Waals surface area contributed by atoms with E-state index in [0.29, 0.717) is 0 Å². The number of fused-ring (bicyclic) bond motifs is 1. The molecular weight excluding hydrogens is 420 g/mol. The molecule has 6 aromatic rings. The molecule has 0 atom stereocenters. The number of thiazole rings is 1. The van der Waals surface area contributed by atoms with Crippen molar-refractivity contribution in [3.63, 3.8) is 0 Å². The summed E-state index contributed by atoms with van der Waals surface area (Å²) in [7, 11) is 2.18. The molecule has 2 heterocycles. The standard InChI is InChI=1S/C28H23N2S.C2H6/c1-3-30-23-13-7-8-15-25(23)31-26(30)18-20-16-17-22-27-21(20)12-9-14-24(27)29(2)28(22)19-10-5-4-6-11-19;1-2/h4-18H,3H2,1-2H3;1-2H3/q+1;. The maximum atomic E-state index is 2.41. The van der Waals surface area contributed by atoms with Gasteiger partial charge in [-0.15, -0.1) is 0 Å². The van der Waals surface area contributed by atoms with Gasteiger partial charge in [-0.25, -0.2) is 0 Å². The van der Waals surface area contributed by atoms with Crippen LogP contribution in [0.25, 0.3) is 49.2 Å². The summed E-state index contributed by atoms with van der Waals surface area (Å²) in [5.41, 5.74) is 5.13. The van der Waals surface area contributed by atoms with Crippen molar-refractivity contribution in [1.29, 1.82) is 0 Å². The number of hydrogen-bond acceptors (Lipinski definition) is 1. The van der Waals surface area contributed by atoms with Crippen LogP contribution in [0.1, 0.15) is 25.8 Å². The van der Waals surface area contributed by atoms with Gasteiger partial charge in [0.25, 0.3) is 5.01 Å². The van der Waals surface area contributed by atoms with Crippen LogP contribution in [-0.4, -0.2) is 4.57 Å². The van der Waals surface area contributed by atoms with E-state index < -0.39 is 0 Å². The van der Waals surface area contributed by atoms with E-state index in [1.165, 1.54) is 53.4 Å². The molecule has 0 aliphatic rings. The summed E-state index contributed by atoms with van der Waals surface area (Å²) in [5, 5.41) is 6.55. The van der Waals surface area contributed by atoms with E-state index in [1.54, 1.807) is 0 Å². The van der Waals surface area contributed by atoms with Crippen LogP contribution >= 0.6 is 11.3 Å². The Hall–Kier alpha value is -3.43. The summed E-state index contributed by atoms with van der Waals surface area (Å²) in [6.45, 7) is 7.19. The summed E-state index contributed by atoms with van der Waals surface area (Å²) in [6, 6.07) is 30.7. The summed E-state index contributed by atoms with van der Waals surface area (Å²) >= 11 is 1.87. The lowest BCUT2D eigenvalue weighted by Crippen LogP contribution is -2.34. The minimum absolute atomic E-state index is 0.964. The lowest BCUT2D eigenvalue weighted by atomic mass is 10.0. The summed E-state index contributed by atoms with van der Waals surface area (Å²) in [6.07, 6.45) is 2.36. The lowest BCUT2D eigenvalue weighted by Gasteiger charge is -2.04. The van der Waals surface area contributed by atoms with E-state index in [9.17, 15) is 0 Å². The van der Waals surface area contributed by atoms with Crippen LogP contribution in [0.3, 0.4) is 0 Å². The molecule has 2 nitrogen and oxygen atoms in total. The first-order valence-electron chi connectivity index (χ1n) is 11.7. The number of hydrogen-bond donors (Lipinski definition) is 0. The molecule has 0 N–H and O–H groups in total. The van der Waals surface area contributed by atoms with Crippen LogP contribution in [0.4, 0.5) is 0 Å². The van der Waals surface area contributed by atoms with Gasteiger partial charge >= 0.3 is 0 Å². The largest absolute Gasteiger partial charge is 0.343 e. The van der Waals surface area contributed by atoms with E-state index >= 15 is 0 Å². The average Bonchev–Trinajstić information content (AvgIpc) is 3.37. The zero-order valence-corrected chi connectivity index (χ0v) is 20.5. The van der Waals surface area contributed by atoms with Crippen LogP contribution in [0.5, 0.6) is 0 Å². The van der Waals surface area contributed by atoms with Crippen molar-refractivity contribution in [3.8, 4) is 11.3 Å². The van der Waals surface area contributed by atoms with Crippen molar-refractivity contribution >= 4 is 49.3 Å². The van der Waals surface area contributed by atoms with Gasteiger partial charge in [-0.1, -0.05) is 91.9 Å². The molecule has 2 aromatic heterocycles. The zero-order valence-electron chi connectivity index (χ0n) is 19.7. The Balaban J connectivity index is 0.00000111. The third-order valence-corrected chi connectivity index (χ3v) is 7.40. The van der Waals surface area contributed by atoms with Gasteiger partial charge in [0.2, 0.25) is 5.52 Å². The SMILES string of the molecule is CC.CC[n+]1c(C=c2ccc3c(-c4ccccc4)n(C)c4cccc2c34)sc2ccccc21. The highest BCUT2D eigenvalue weighted by atomic mass is 32.1. The molecule has 0 aliphatic heterocycles. The molecule has 3 heteroatoms. The van der Waals surface area contributed by atoms with Crippen molar-refractivity contribution in [2.24, 2.45) is 7.05 Å². The Morgan fingerprint density at radius 1 is 0.818 bits per heavy atom.